The van der Waals surface area contributed by atoms with E-state index in [1.54, 1.807) is 7.11 Å². The lowest BCUT2D eigenvalue weighted by atomic mass is 10.1. The second kappa shape index (κ2) is 6.65. The molecule has 1 amide bonds. The van der Waals surface area contributed by atoms with E-state index in [0.717, 1.165) is 25.0 Å². The molecule has 3 rings (SSSR count). The number of benzene rings is 2. The van der Waals surface area contributed by atoms with E-state index in [0.29, 0.717) is 6.54 Å². The van der Waals surface area contributed by atoms with Gasteiger partial charge in [-0.1, -0.05) is 36.4 Å². The Bertz CT molecular complexity index is 641. The Hall–Kier alpha value is -2.29. The molecule has 0 saturated heterocycles. The van der Waals surface area contributed by atoms with Gasteiger partial charge in [-0.2, -0.15) is 0 Å². The Balaban J connectivity index is 1.49. The van der Waals surface area contributed by atoms with Gasteiger partial charge in [-0.3, -0.25) is 4.79 Å². The van der Waals surface area contributed by atoms with Crippen molar-refractivity contribution in [1.29, 1.82) is 0 Å². The van der Waals surface area contributed by atoms with Crippen LogP contribution < -0.4 is 10.1 Å². The van der Waals surface area contributed by atoms with Gasteiger partial charge in [-0.25, -0.2) is 0 Å². The molecule has 2 aromatic rings. The van der Waals surface area contributed by atoms with Gasteiger partial charge >= 0.3 is 0 Å². The molecular weight excluding hydrogens is 274 g/mol. The summed E-state index contributed by atoms with van der Waals surface area (Å²) in [7, 11) is 1.67. The highest BCUT2D eigenvalue weighted by molar-refractivity contribution is 5.80. The molecule has 0 spiro atoms. The van der Waals surface area contributed by atoms with E-state index in [-0.39, 0.29) is 11.8 Å². The first kappa shape index (κ1) is 14.6. The quantitative estimate of drug-likeness (QED) is 0.921. The molecule has 1 aliphatic carbocycles. The smallest absolute Gasteiger partial charge is 0.223 e. The van der Waals surface area contributed by atoms with Crippen molar-refractivity contribution in [2.45, 2.75) is 19.3 Å². The van der Waals surface area contributed by atoms with Crippen LogP contribution in [0.4, 0.5) is 0 Å². The molecule has 0 atom stereocenters. The fourth-order valence-electron chi connectivity index (χ4n) is 3.05. The van der Waals surface area contributed by atoms with Crippen LogP contribution in [-0.4, -0.2) is 19.6 Å². The monoisotopic (exact) mass is 295 g/mol. The van der Waals surface area contributed by atoms with Crippen LogP contribution in [0.15, 0.2) is 48.5 Å². The van der Waals surface area contributed by atoms with Gasteiger partial charge in [0.2, 0.25) is 5.91 Å². The molecule has 1 aliphatic rings. The highest BCUT2D eigenvalue weighted by atomic mass is 16.5. The number of fused-ring (bicyclic) bond motifs is 1. The van der Waals surface area contributed by atoms with Crippen LogP contribution in [0.2, 0.25) is 0 Å². The molecule has 0 radical (unpaired) electrons. The van der Waals surface area contributed by atoms with Crippen LogP contribution in [0.25, 0.3) is 0 Å². The summed E-state index contributed by atoms with van der Waals surface area (Å²) in [4.78, 5) is 12.3. The predicted octanol–water partition coefficient (Wildman–Crippen LogP) is 2.77. The molecule has 114 valence electrons. The number of amides is 1. The molecule has 0 unspecified atom stereocenters. The maximum atomic E-state index is 12.3. The topological polar surface area (TPSA) is 38.3 Å². The van der Waals surface area contributed by atoms with Gasteiger partial charge in [0.15, 0.2) is 0 Å². The van der Waals surface area contributed by atoms with E-state index < -0.39 is 0 Å². The first-order valence-electron chi connectivity index (χ1n) is 7.73. The molecule has 22 heavy (non-hydrogen) atoms. The number of ether oxygens (including phenoxy) is 1. The second-order valence-corrected chi connectivity index (χ2v) is 5.77. The van der Waals surface area contributed by atoms with Gasteiger partial charge in [-0.15, -0.1) is 0 Å². The minimum atomic E-state index is 0.0858. The summed E-state index contributed by atoms with van der Waals surface area (Å²) in [5.41, 5.74) is 3.81. The molecule has 0 saturated carbocycles. The number of hydrogen-bond acceptors (Lipinski definition) is 2. The zero-order valence-corrected chi connectivity index (χ0v) is 12.8. The summed E-state index contributed by atoms with van der Waals surface area (Å²) in [5, 5.41) is 3.07. The largest absolute Gasteiger partial charge is 0.497 e. The van der Waals surface area contributed by atoms with Gasteiger partial charge in [0.1, 0.15) is 5.75 Å². The highest BCUT2D eigenvalue weighted by Crippen LogP contribution is 2.26. The number of carbonyl (C=O) groups excluding carboxylic acids is 1. The lowest BCUT2D eigenvalue weighted by molar-refractivity contribution is -0.124. The van der Waals surface area contributed by atoms with Crippen molar-refractivity contribution < 1.29 is 9.53 Å². The molecule has 3 nitrogen and oxygen atoms in total. The van der Waals surface area contributed by atoms with Crippen molar-refractivity contribution in [1.82, 2.24) is 5.32 Å². The summed E-state index contributed by atoms with van der Waals surface area (Å²) in [5.74, 6) is 1.11. The Morgan fingerprint density at radius 2 is 1.86 bits per heavy atom. The summed E-state index contributed by atoms with van der Waals surface area (Å²) in [6.45, 7) is 0.666. The van der Waals surface area contributed by atoms with Crippen molar-refractivity contribution in [2.75, 3.05) is 13.7 Å². The Morgan fingerprint density at radius 1 is 1.14 bits per heavy atom. The summed E-state index contributed by atoms with van der Waals surface area (Å²) in [6, 6.07) is 16.3. The Morgan fingerprint density at radius 3 is 2.55 bits per heavy atom. The fourth-order valence-corrected chi connectivity index (χ4v) is 3.05. The summed E-state index contributed by atoms with van der Waals surface area (Å²) >= 11 is 0. The lowest BCUT2D eigenvalue weighted by Crippen LogP contribution is -2.32. The van der Waals surface area contributed by atoms with E-state index in [2.05, 4.69) is 23.5 Å². The minimum Gasteiger partial charge on any atom is -0.497 e. The van der Waals surface area contributed by atoms with Crippen molar-refractivity contribution in [3.63, 3.8) is 0 Å². The fraction of sp³-hybridized carbons (Fsp3) is 0.316. The third-order valence-corrected chi connectivity index (χ3v) is 4.27. The maximum Gasteiger partial charge on any atom is 0.223 e. The maximum absolute atomic E-state index is 12.3. The minimum absolute atomic E-state index is 0.0858. The van der Waals surface area contributed by atoms with Crippen LogP contribution in [0.5, 0.6) is 5.75 Å². The standard InChI is InChI=1S/C19H21NO2/c1-22-18-8-4-5-14(11-18)9-10-20-19(21)17-12-15-6-2-3-7-16(15)13-17/h2-8,11,17H,9-10,12-13H2,1H3,(H,20,21). The molecule has 0 aliphatic heterocycles. The van der Waals surface area contributed by atoms with Gasteiger partial charge in [0.25, 0.3) is 0 Å². The van der Waals surface area contributed by atoms with Crippen LogP contribution in [-0.2, 0) is 24.1 Å². The average Bonchev–Trinajstić information content (AvgIpc) is 2.99. The number of carbonyl (C=O) groups is 1. The zero-order valence-electron chi connectivity index (χ0n) is 12.8. The van der Waals surface area contributed by atoms with Crippen LogP contribution >= 0.6 is 0 Å². The molecule has 0 aromatic heterocycles. The van der Waals surface area contributed by atoms with Gasteiger partial charge in [0, 0.05) is 12.5 Å². The van der Waals surface area contributed by atoms with Crippen molar-refractivity contribution in [2.24, 2.45) is 5.92 Å². The average molecular weight is 295 g/mol. The lowest BCUT2D eigenvalue weighted by Gasteiger charge is -2.11. The van der Waals surface area contributed by atoms with E-state index in [4.69, 9.17) is 4.74 Å². The zero-order chi connectivity index (χ0) is 15.4. The van der Waals surface area contributed by atoms with E-state index in [9.17, 15) is 4.79 Å². The summed E-state index contributed by atoms with van der Waals surface area (Å²) in [6.07, 6.45) is 2.55. The number of nitrogens with one attached hydrogen (secondary N) is 1. The third kappa shape index (κ3) is 3.30. The number of rotatable bonds is 5. The van der Waals surface area contributed by atoms with Crippen LogP contribution in [0, 0.1) is 5.92 Å². The van der Waals surface area contributed by atoms with Crippen molar-refractivity contribution in [3.8, 4) is 5.75 Å². The molecular formula is C19H21NO2. The van der Waals surface area contributed by atoms with Gasteiger partial charge < -0.3 is 10.1 Å². The van der Waals surface area contributed by atoms with Crippen molar-refractivity contribution in [3.05, 3.63) is 65.2 Å². The normalized spacial score (nSPS) is 13.7. The molecule has 0 heterocycles. The molecule has 3 heteroatoms. The SMILES string of the molecule is COc1cccc(CCNC(=O)C2Cc3ccccc3C2)c1. The van der Waals surface area contributed by atoms with Crippen LogP contribution in [0.3, 0.4) is 0 Å². The molecule has 2 aromatic carbocycles. The highest BCUT2D eigenvalue weighted by Gasteiger charge is 2.26. The predicted molar refractivity (Wildman–Crippen MR) is 87.0 cm³/mol. The number of hydrogen-bond donors (Lipinski definition) is 1. The van der Waals surface area contributed by atoms with E-state index in [1.165, 1.54) is 16.7 Å². The molecule has 0 bridgehead atoms. The first-order valence-corrected chi connectivity index (χ1v) is 7.73. The second-order valence-electron chi connectivity index (χ2n) is 5.77. The summed E-state index contributed by atoms with van der Waals surface area (Å²) < 4.78 is 5.21. The van der Waals surface area contributed by atoms with Gasteiger partial charge in [0.05, 0.1) is 7.11 Å². The van der Waals surface area contributed by atoms with E-state index >= 15 is 0 Å². The third-order valence-electron chi connectivity index (χ3n) is 4.27. The Labute approximate surface area is 131 Å². The molecule has 1 N–H and O–H groups in total. The Kier molecular flexibility index (Phi) is 4.42. The van der Waals surface area contributed by atoms with Crippen molar-refractivity contribution >= 4 is 5.91 Å². The van der Waals surface area contributed by atoms with Crippen LogP contribution in [0.1, 0.15) is 16.7 Å². The van der Waals surface area contributed by atoms with Gasteiger partial charge in [-0.05, 0) is 48.1 Å². The van der Waals surface area contributed by atoms with E-state index in [1.807, 2.05) is 30.3 Å². The number of methoxy groups -OCH3 is 1. The molecule has 0 fully saturated rings. The first-order chi connectivity index (χ1) is 10.8.